The molecular formula is C19H18N2O4S. The summed E-state index contributed by atoms with van der Waals surface area (Å²) in [5, 5.41) is 5.32. The molecule has 0 saturated carbocycles. The van der Waals surface area contributed by atoms with Gasteiger partial charge in [-0.05, 0) is 29.8 Å². The van der Waals surface area contributed by atoms with Crippen LogP contribution in [0, 0.1) is 5.92 Å². The molecule has 134 valence electrons. The SMILES string of the molecule is C[C@@H](C(=O)NCc1ccc2c(c1)OCO2)[C@H]1Sc2ccccc2NC1=O. The molecule has 0 saturated heterocycles. The van der Waals surface area contributed by atoms with Crippen molar-refractivity contribution in [1.82, 2.24) is 5.32 Å². The van der Waals surface area contributed by atoms with Crippen LogP contribution in [0.15, 0.2) is 47.4 Å². The second-order valence-electron chi connectivity index (χ2n) is 6.22. The van der Waals surface area contributed by atoms with E-state index in [0.29, 0.717) is 18.0 Å². The van der Waals surface area contributed by atoms with Crippen LogP contribution in [0.3, 0.4) is 0 Å². The molecule has 2 heterocycles. The fourth-order valence-electron chi connectivity index (χ4n) is 2.93. The van der Waals surface area contributed by atoms with E-state index in [0.717, 1.165) is 16.1 Å². The predicted octanol–water partition coefficient (Wildman–Crippen LogP) is 2.78. The van der Waals surface area contributed by atoms with Gasteiger partial charge in [0.25, 0.3) is 0 Å². The molecule has 2 aromatic carbocycles. The first kappa shape index (κ1) is 16.8. The Bertz CT molecular complexity index is 870. The number of hydrogen-bond donors (Lipinski definition) is 2. The third kappa shape index (κ3) is 3.22. The van der Waals surface area contributed by atoms with Gasteiger partial charge in [-0.3, -0.25) is 9.59 Å². The highest BCUT2D eigenvalue weighted by molar-refractivity contribution is 8.01. The van der Waals surface area contributed by atoms with Crippen molar-refractivity contribution in [3.63, 3.8) is 0 Å². The summed E-state index contributed by atoms with van der Waals surface area (Å²) >= 11 is 1.43. The fraction of sp³-hybridized carbons (Fsp3) is 0.263. The quantitative estimate of drug-likeness (QED) is 0.865. The average Bonchev–Trinajstić information content (AvgIpc) is 3.12. The van der Waals surface area contributed by atoms with Gasteiger partial charge >= 0.3 is 0 Å². The topological polar surface area (TPSA) is 76.7 Å². The zero-order valence-electron chi connectivity index (χ0n) is 14.2. The third-order valence-electron chi connectivity index (χ3n) is 4.43. The normalized spacial score (nSPS) is 18.7. The van der Waals surface area contributed by atoms with Crippen LogP contribution in [0.1, 0.15) is 12.5 Å². The van der Waals surface area contributed by atoms with E-state index in [9.17, 15) is 9.59 Å². The number of benzene rings is 2. The summed E-state index contributed by atoms with van der Waals surface area (Å²) in [6.07, 6.45) is 0. The van der Waals surface area contributed by atoms with Crippen molar-refractivity contribution < 1.29 is 19.1 Å². The molecule has 2 aromatic rings. The van der Waals surface area contributed by atoms with E-state index in [2.05, 4.69) is 10.6 Å². The smallest absolute Gasteiger partial charge is 0.238 e. The van der Waals surface area contributed by atoms with E-state index in [1.165, 1.54) is 11.8 Å². The molecular weight excluding hydrogens is 352 g/mol. The fourth-order valence-corrected chi connectivity index (χ4v) is 4.10. The molecule has 2 amide bonds. The van der Waals surface area contributed by atoms with Gasteiger partial charge in [0, 0.05) is 11.4 Å². The molecule has 0 aromatic heterocycles. The van der Waals surface area contributed by atoms with Crippen LogP contribution < -0.4 is 20.1 Å². The second kappa shape index (κ2) is 6.92. The molecule has 26 heavy (non-hydrogen) atoms. The van der Waals surface area contributed by atoms with Crippen molar-refractivity contribution in [1.29, 1.82) is 0 Å². The van der Waals surface area contributed by atoms with Crippen LogP contribution in [-0.4, -0.2) is 23.9 Å². The number of fused-ring (bicyclic) bond motifs is 2. The van der Waals surface area contributed by atoms with Crippen molar-refractivity contribution >= 4 is 29.3 Å². The second-order valence-corrected chi connectivity index (χ2v) is 7.40. The van der Waals surface area contributed by atoms with Gasteiger partial charge in [0.05, 0.1) is 16.9 Å². The Hall–Kier alpha value is -2.67. The summed E-state index contributed by atoms with van der Waals surface area (Å²) < 4.78 is 10.6. The first-order valence-corrected chi connectivity index (χ1v) is 9.22. The van der Waals surface area contributed by atoms with Crippen molar-refractivity contribution in [3.05, 3.63) is 48.0 Å². The maximum atomic E-state index is 12.5. The Morgan fingerprint density at radius 1 is 1.27 bits per heavy atom. The number of anilines is 1. The molecule has 2 atom stereocenters. The Labute approximate surface area is 155 Å². The van der Waals surface area contributed by atoms with Gasteiger partial charge in [-0.2, -0.15) is 0 Å². The highest BCUT2D eigenvalue weighted by Gasteiger charge is 2.34. The van der Waals surface area contributed by atoms with Gasteiger partial charge in [-0.25, -0.2) is 0 Å². The van der Waals surface area contributed by atoms with Gasteiger partial charge in [0.1, 0.15) is 0 Å². The number of carbonyl (C=O) groups is 2. The Morgan fingerprint density at radius 3 is 2.96 bits per heavy atom. The summed E-state index contributed by atoms with van der Waals surface area (Å²) in [7, 11) is 0. The summed E-state index contributed by atoms with van der Waals surface area (Å²) in [5.74, 6) is 0.641. The zero-order valence-corrected chi connectivity index (χ0v) is 15.0. The molecule has 0 radical (unpaired) electrons. The maximum absolute atomic E-state index is 12.5. The summed E-state index contributed by atoms with van der Waals surface area (Å²) in [6.45, 7) is 2.37. The van der Waals surface area contributed by atoms with E-state index < -0.39 is 11.2 Å². The highest BCUT2D eigenvalue weighted by Crippen LogP contribution is 2.38. The number of carbonyl (C=O) groups excluding carboxylic acids is 2. The average molecular weight is 370 g/mol. The van der Waals surface area contributed by atoms with E-state index >= 15 is 0 Å². The van der Waals surface area contributed by atoms with Crippen LogP contribution >= 0.6 is 11.8 Å². The minimum atomic E-state index is -0.457. The van der Waals surface area contributed by atoms with E-state index in [-0.39, 0.29) is 18.6 Å². The van der Waals surface area contributed by atoms with Gasteiger partial charge in [0.15, 0.2) is 11.5 Å². The minimum Gasteiger partial charge on any atom is -0.454 e. The Morgan fingerprint density at radius 2 is 2.08 bits per heavy atom. The molecule has 7 heteroatoms. The molecule has 2 aliphatic heterocycles. The number of ether oxygens (including phenoxy) is 2. The molecule has 6 nitrogen and oxygen atoms in total. The Balaban J connectivity index is 1.39. The lowest BCUT2D eigenvalue weighted by atomic mass is 10.1. The van der Waals surface area contributed by atoms with Crippen LogP contribution in [0.2, 0.25) is 0 Å². The maximum Gasteiger partial charge on any atom is 0.238 e. The van der Waals surface area contributed by atoms with Crippen LogP contribution in [0.4, 0.5) is 5.69 Å². The first-order valence-electron chi connectivity index (χ1n) is 8.34. The predicted molar refractivity (Wildman–Crippen MR) is 98.3 cm³/mol. The van der Waals surface area contributed by atoms with Gasteiger partial charge in [-0.1, -0.05) is 25.1 Å². The van der Waals surface area contributed by atoms with Crippen molar-refractivity contribution in [2.24, 2.45) is 5.92 Å². The van der Waals surface area contributed by atoms with E-state index in [1.807, 2.05) is 42.5 Å². The molecule has 0 unspecified atom stereocenters. The third-order valence-corrected chi connectivity index (χ3v) is 5.91. The molecule has 0 fully saturated rings. The standard InChI is InChI=1S/C19H18N2O4S/c1-11(17-19(23)21-13-4-2-3-5-16(13)26-17)18(22)20-9-12-6-7-14-15(8-12)25-10-24-14/h2-8,11,17H,9-10H2,1H3,(H,20,22)(H,21,23)/t11-,17-/m1/s1. The monoisotopic (exact) mass is 370 g/mol. The lowest BCUT2D eigenvalue weighted by Gasteiger charge is -2.27. The molecule has 0 aliphatic carbocycles. The number of amides is 2. The van der Waals surface area contributed by atoms with Crippen LogP contribution in [-0.2, 0) is 16.1 Å². The number of rotatable bonds is 4. The largest absolute Gasteiger partial charge is 0.454 e. The number of hydrogen-bond acceptors (Lipinski definition) is 5. The number of nitrogens with one attached hydrogen (secondary N) is 2. The first-order chi connectivity index (χ1) is 12.6. The molecule has 0 bridgehead atoms. The molecule has 2 N–H and O–H groups in total. The van der Waals surface area contributed by atoms with E-state index in [4.69, 9.17) is 9.47 Å². The van der Waals surface area contributed by atoms with Crippen LogP contribution in [0.25, 0.3) is 0 Å². The van der Waals surface area contributed by atoms with Crippen molar-refractivity contribution in [2.45, 2.75) is 23.6 Å². The highest BCUT2D eigenvalue weighted by atomic mass is 32.2. The summed E-state index contributed by atoms with van der Waals surface area (Å²) in [4.78, 5) is 25.9. The summed E-state index contributed by atoms with van der Waals surface area (Å²) in [6, 6.07) is 13.2. The van der Waals surface area contributed by atoms with Gasteiger partial charge in [-0.15, -0.1) is 11.8 Å². The van der Waals surface area contributed by atoms with Gasteiger partial charge in [0.2, 0.25) is 18.6 Å². The lowest BCUT2D eigenvalue weighted by molar-refractivity contribution is -0.127. The van der Waals surface area contributed by atoms with Crippen molar-refractivity contribution in [2.75, 3.05) is 12.1 Å². The number of thioether (sulfide) groups is 1. The molecule has 0 spiro atoms. The van der Waals surface area contributed by atoms with Crippen LogP contribution in [0.5, 0.6) is 11.5 Å². The van der Waals surface area contributed by atoms with Gasteiger partial charge < -0.3 is 20.1 Å². The Kier molecular flexibility index (Phi) is 4.46. The van der Waals surface area contributed by atoms with Crippen molar-refractivity contribution in [3.8, 4) is 11.5 Å². The molecule has 4 rings (SSSR count). The molecule has 2 aliphatic rings. The summed E-state index contributed by atoms with van der Waals surface area (Å²) in [5.41, 5.74) is 1.72. The van der Waals surface area contributed by atoms with E-state index in [1.54, 1.807) is 6.92 Å². The zero-order chi connectivity index (χ0) is 18.1. The lowest BCUT2D eigenvalue weighted by Crippen LogP contribution is -2.41. The number of para-hydroxylation sites is 1. The minimum absolute atomic E-state index is 0.139.